The number of nitrogens with zero attached hydrogens (tertiary/aromatic N) is 1. The SMILES string of the molecule is CCOC(=O)N1CCC(C(=O)NC(c2ccc3c(c2)CCCC3)c2cccs2)CC1. The molecule has 0 radical (unpaired) electrons. The number of carbonyl (C=O) groups is 2. The number of likely N-dealkylation sites (tertiary alicyclic amines) is 1. The van der Waals surface area contributed by atoms with Crippen LogP contribution in [-0.2, 0) is 22.4 Å². The predicted molar refractivity (Wildman–Crippen MR) is 119 cm³/mol. The van der Waals surface area contributed by atoms with Crippen LogP contribution in [0.3, 0.4) is 0 Å². The molecule has 30 heavy (non-hydrogen) atoms. The Kier molecular flexibility index (Phi) is 6.72. The molecule has 0 saturated carbocycles. The van der Waals surface area contributed by atoms with E-state index in [4.69, 9.17) is 4.74 Å². The number of carbonyl (C=O) groups excluding carboxylic acids is 2. The number of thiophene rings is 1. The second kappa shape index (κ2) is 9.65. The van der Waals surface area contributed by atoms with Crippen LogP contribution in [0.1, 0.15) is 60.2 Å². The van der Waals surface area contributed by atoms with E-state index in [0.29, 0.717) is 32.5 Å². The van der Waals surface area contributed by atoms with E-state index in [1.165, 1.54) is 24.0 Å². The summed E-state index contributed by atoms with van der Waals surface area (Å²) in [7, 11) is 0. The van der Waals surface area contributed by atoms with E-state index in [2.05, 4.69) is 35.0 Å². The molecule has 160 valence electrons. The van der Waals surface area contributed by atoms with E-state index in [0.717, 1.165) is 23.3 Å². The second-order valence-corrected chi connectivity index (χ2v) is 9.13. The molecule has 5 nitrogen and oxygen atoms in total. The lowest BCUT2D eigenvalue weighted by molar-refractivity contribution is -0.126. The van der Waals surface area contributed by atoms with Gasteiger partial charge in [-0.25, -0.2) is 4.79 Å². The monoisotopic (exact) mass is 426 g/mol. The van der Waals surface area contributed by atoms with Crippen LogP contribution in [0.4, 0.5) is 4.79 Å². The van der Waals surface area contributed by atoms with Gasteiger partial charge in [-0.3, -0.25) is 4.79 Å². The molecule has 1 saturated heterocycles. The number of fused-ring (bicyclic) bond motifs is 1. The summed E-state index contributed by atoms with van der Waals surface area (Å²) in [6.45, 7) is 3.32. The summed E-state index contributed by atoms with van der Waals surface area (Å²) in [5.41, 5.74) is 4.04. The maximum atomic E-state index is 13.1. The molecule has 2 aromatic rings. The van der Waals surface area contributed by atoms with Gasteiger partial charge in [-0.15, -0.1) is 11.3 Å². The average Bonchev–Trinajstić information content (AvgIpc) is 3.32. The van der Waals surface area contributed by atoms with Crippen molar-refractivity contribution in [1.82, 2.24) is 10.2 Å². The van der Waals surface area contributed by atoms with Crippen molar-refractivity contribution >= 4 is 23.3 Å². The van der Waals surface area contributed by atoms with Gasteiger partial charge in [-0.05, 0) is 73.6 Å². The Hall–Kier alpha value is -2.34. The highest BCUT2D eigenvalue weighted by atomic mass is 32.1. The molecule has 1 atom stereocenters. The summed E-state index contributed by atoms with van der Waals surface area (Å²) in [6.07, 6.45) is 5.86. The summed E-state index contributed by atoms with van der Waals surface area (Å²) in [5.74, 6) is 0.00500. The number of hydrogen-bond acceptors (Lipinski definition) is 4. The van der Waals surface area contributed by atoms with E-state index in [1.807, 2.05) is 13.0 Å². The van der Waals surface area contributed by atoms with Crippen molar-refractivity contribution < 1.29 is 14.3 Å². The van der Waals surface area contributed by atoms with Crippen LogP contribution in [0, 0.1) is 5.92 Å². The number of amides is 2. The van der Waals surface area contributed by atoms with Gasteiger partial charge < -0.3 is 15.0 Å². The lowest BCUT2D eigenvalue weighted by Gasteiger charge is -2.31. The van der Waals surface area contributed by atoms with Crippen molar-refractivity contribution in [3.63, 3.8) is 0 Å². The molecule has 4 rings (SSSR count). The standard InChI is InChI=1S/C24H30N2O3S/c1-2-29-24(28)26-13-11-18(12-14-26)23(27)25-22(21-8-5-15-30-21)20-10-9-17-6-3-4-7-19(17)16-20/h5,8-10,15-16,18,22H,2-4,6-7,11-14H2,1H3,(H,25,27). The minimum absolute atomic E-state index is 0.0734. The van der Waals surface area contributed by atoms with Gasteiger partial charge in [-0.1, -0.05) is 24.3 Å². The number of ether oxygens (including phenoxy) is 1. The highest BCUT2D eigenvalue weighted by Crippen LogP contribution is 2.31. The fourth-order valence-corrected chi connectivity index (χ4v) is 5.31. The summed E-state index contributed by atoms with van der Waals surface area (Å²) in [5, 5.41) is 5.38. The minimum atomic E-state index is -0.276. The van der Waals surface area contributed by atoms with Crippen LogP contribution >= 0.6 is 11.3 Å². The number of rotatable bonds is 5. The van der Waals surface area contributed by atoms with Crippen LogP contribution in [0.15, 0.2) is 35.7 Å². The number of piperidine rings is 1. The molecule has 2 aliphatic rings. The van der Waals surface area contributed by atoms with Gasteiger partial charge in [0.2, 0.25) is 5.91 Å². The third-order valence-corrected chi connectivity index (χ3v) is 7.15. The highest BCUT2D eigenvalue weighted by molar-refractivity contribution is 7.10. The number of nitrogens with one attached hydrogen (secondary N) is 1. The molecule has 1 unspecified atom stereocenters. The molecule has 2 amide bonds. The molecule has 1 aliphatic carbocycles. The maximum Gasteiger partial charge on any atom is 0.409 e. The van der Waals surface area contributed by atoms with Gasteiger partial charge in [0.15, 0.2) is 0 Å². The third kappa shape index (κ3) is 4.69. The smallest absolute Gasteiger partial charge is 0.409 e. The Bertz CT molecular complexity index is 873. The summed E-state index contributed by atoms with van der Waals surface area (Å²) in [6, 6.07) is 10.7. The summed E-state index contributed by atoms with van der Waals surface area (Å²) >= 11 is 1.68. The Morgan fingerprint density at radius 3 is 2.63 bits per heavy atom. The predicted octanol–water partition coefficient (Wildman–Crippen LogP) is 4.70. The van der Waals surface area contributed by atoms with Crippen LogP contribution in [0.2, 0.25) is 0 Å². The fraction of sp³-hybridized carbons (Fsp3) is 0.500. The molecule has 0 spiro atoms. The summed E-state index contributed by atoms with van der Waals surface area (Å²) < 4.78 is 5.08. The first-order valence-electron chi connectivity index (χ1n) is 11.0. The van der Waals surface area contributed by atoms with Crippen LogP contribution in [-0.4, -0.2) is 36.6 Å². The molecule has 1 aliphatic heterocycles. The van der Waals surface area contributed by atoms with Gasteiger partial charge in [-0.2, -0.15) is 0 Å². The summed E-state index contributed by atoms with van der Waals surface area (Å²) in [4.78, 5) is 27.9. The van der Waals surface area contributed by atoms with Crippen molar-refractivity contribution in [3.05, 3.63) is 57.3 Å². The van der Waals surface area contributed by atoms with Crippen molar-refractivity contribution in [3.8, 4) is 0 Å². The highest BCUT2D eigenvalue weighted by Gasteiger charge is 2.30. The first kappa shape index (κ1) is 20.9. The first-order valence-corrected chi connectivity index (χ1v) is 11.9. The fourth-order valence-electron chi connectivity index (χ4n) is 4.51. The van der Waals surface area contributed by atoms with Crippen LogP contribution in [0.5, 0.6) is 0 Å². The van der Waals surface area contributed by atoms with Crippen molar-refractivity contribution in [2.24, 2.45) is 5.92 Å². The van der Waals surface area contributed by atoms with E-state index in [1.54, 1.807) is 16.2 Å². The molecule has 0 bridgehead atoms. The van der Waals surface area contributed by atoms with Crippen molar-refractivity contribution in [2.75, 3.05) is 19.7 Å². The number of benzene rings is 1. The van der Waals surface area contributed by atoms with E-state index in [-0.39, 0.29) is 24.0 Å². The zero-order valence-corrected chi connectivity index (χ0v) is 18.4. The average molecular weight is 427 g/mol. The topological polar surface area (TPSA) is 58.6 Å². The molecule has 1 aromatic carbocycles. The van der Waals surface area contributed by atoms with E-state index in [9.17, 15) is 9.59 Å². The number of hydrogen-bond donors (Lipinski definition) is 1. The van der Waals surface area contributed by atoms with Gasteiger partial charge in [0, 0.05) is 23.9 Å². The third-order valence-electron chi connectivity index (χ3n) is 6.21. The minimum Gasteiger partial charge on any atom is -0.450 e. The number of aryl methyl sites for hydroxylation is 2. The lowest BCUT2D eigenvalue weighted by atomic mass is 9.88. The lowest BCUT2D eigenvalue weighted by Crippen LogP contribution is -2.44. The van der Waals surface area contributed by atoms with Crippen molar-refractivity contribution in [2.45, 2.75) is 51.5 Å². The Labute approximate surface area is 182 Å². The zero-order chi connectivity index (χ0) is 20.9. The normalized spacial score (nSPS) is 17.8. The molecular formula is C24H30N2O3S. The van der Waals surface area contributed by atoms with Crippen LogP contribution < -0.4 is 5.32 Å². The largest absolute Gasteiger partial charge is 0.450 e. The van der Waals surface area contributed by atoms with Gasteiger partial charge in [0.25, 0.3) is 0 Å². The van der Waals surface area contributed by atoms with Gasteiger partial charge in [0.05, 0.1) is 12.6 Å². The molecule has 1 fully saturated rings. The Morgan fingerprint density at radius 1 is 1.17 bits per heavy atom. The van der Waals surface area contributed by atoms with Gasteiger partial charge >= 0.3 is 6.09 Å². The maximum absolute atomic E-state index is 13.1. The molecule has 6 heteroatoms. The quantitative estimate of drug-likeness (QED) is 0.754. The van der Waals surface area contributed by atoms with E-state index >= 15 is 0 Å². The van der Waals surface area contributed by atoms with E-state index < -0.39 is 0 Å². The zero-order valence-electron chi connectivity index (χ0n) is 17.6. The molecular weight excluding hydrogens is 396 g/mol. The van der Waals surface area contributed by atoms with Gasteiger partial charge in [0.1, 0.15) is 0 Å². The first-order chi connectivity index (χ1) is 14.7. The molecule has 1 aromatic heterocycles. The second-order valence-electron chi connectivity index (χ2n) is 8.15. The molecule has 1 N–H and O–H groups in total. The Balaban J connectivity index is 1.46. The van der Waals surface area contributed by atoms with Crippen LogP contribution in [0.25, 0.3) is 0 Å². The Morgan fingerprint density at radius 2 is 1.93 bits per heavy atom. The molecule has 2 heterocycles. The van der Waals surface area contributed by atoms with Crippen molar-refractivity contribution in [1.29, 1.82) is 0 Å².